The molecule has 0 bridgehead atoms. The van der Waals surface area contributed by atoms with Crippen LogP contribution in [0.1, 0.15) is 29.9 Å². The zero-order valence-electron chi connectivity index (χ0n) is 15.0. The van der Waals surface area contributed by atoms with E-state index in [-0.39, 0.29) is 5.91 Å². The van der Waals surface area contributed by atoms with Gasteiger partial charge < -0.3 is 15.3 Å². The van der Waals surface area contributed by atoms with E-state index in [1.54, 1.807) is 0 Å². The molecule has 0 aliphatic carbocycles. The largest absolute Gasteiger partial charge is 0.389 e. The summed E-state index contributed by atoms with van der Waals surface area (Å²) in [6.45, 7) is 2.03. The molecule has 26 heavy (non-hydrogen) atoms. The molecule has 4 nitrogen and oxygen atoms in total. The molecule has 1 heterocycles. The normalized spacial score (nSPS) is 18.3. The maximum Gasteiger partial charge on any atom is 0.230 e. The van der Waals surface area contributed by atoms with Crippen LogP contribution in [0.3, 0.4) is 0 Å². The summed E-state index contributed by atoms with van der Waals surface area (Å²) in [6.07, 6.45) is 1.17. The van der Waals surface area contributed by atoms with Crippen molar-refractivity contribution in [1.29, 1.82) is 0 Å². The van der Waals surface area contributed by atoms with Crippen LogP contribution in [0.25, 0.3) is 0 Å². The predicted molar refractivity (Wildman–Crippen MR) is 107 cm³/mol. The lowest BCUT2D eigenvalue weighted by atomic mass is 9.75. The summed E-state index contributed by atoms with van der Waals surface area (Å²) in [7, 11) is 2.04. The molecule has 3 rings (SSSR count). The Morgan fingerprint density at radius 2 is 1.88 bits per heavy atom. The van der Waals surface area contributed by atoms with Gasteiger partial charge in [0.25, 0.3) is 0 Å². The van der Waals surface area contributed by atoms with E-state index in [1.165, 1.54) is 0 Å². The highest BCUT2D eigenvalue weighted by Crippen LogP contribution is 2.37. The van der Waals surface area contributed by atoms with Gasteiger partial charge in [-0.1, -0.05) is 58.4 Å². The number of nitrogens with one attached hydrogen (secondary N) is 1. The van der Waals surface area contributed by atoms with Crippen molar-refractivity contribution >= 4 is 21.8 Å². The van der Waals surface area contributed by atoms with Gasteiger partial charge in [0.1, 0.15) is 0 Å². The highest BCUT2D eigenvalue weighted by atomic mass is 79.9. The van der Waals surface area contributed by atoms with Crippen LogP contribution in [-0.2, 0) is 11.3 Å². The molecular weight excluding hydrogens is 392 g/mol. The number of likely N-dealkylation sites (tertiary alicyclic amines) is 1. The smallest absolute Gasteiger partial charge is 0.230 e. The second-order valence-corrected chi connectivity index (χ2v) is 8.01. The maximum atomic E-state index is 13.1. The average molecular weight is 417 g/mol. The standard InChI is InChI=1S/C21H25BrN2O2/c1-24-12-10-21(26,11-13-24)19(17-8-5-9-18(22)14-17)20(25)23-15-16-6-3-2-4-7-16/h2-9,14,19,26H,10-13,15H2,1H3,(H,23,25). The van der Waals surface area contributed by atoms with Crippen LogP contribution in [0, 0.1) is 0 Å². The van der Waals surface area contributed by atoms with Gasteiger partial charge in [0.05, 0.1) is 11.5 Å². The van der Waals surface area contributed by atoms with Crippen molar-refractivity contribution in [2.45, 2.75) is 30.9 Å². The summed E-state index contributed by atoms with van der Waals surface area (Å²) >= 11 is 3.48. The van der Waals surface area contributed by atoms with Gasteiger partial charge in [-0.3, -0.25) is 4.79 Å². The highest BCUT2D eigenvalue weighted by molar-refractivity contribution is 9.10. The lowest BCUT2D eigenvalue weighted by Gasteiger charge is -2.41. The number of piperidine rings is 1. The molecule has 2 aromatic rings. The molecule has 2 aromatic carbocycles. The van der Waals surface area contributed by atoms with Gasteiger partial charge >= 0.3 is 0 Å². The number of amides is 1. The summed E-state index contributed by atoms with van der Waals surface area (Å²) in [5.74, 6) is -0.712. The predicted octanol–water partition coefficient (Wildman–Crippen LogP) is 3.31. The summed E-state index contributed by atoms with van der Waals surface area (Å²) < 4.78 is 0.910. The first-order chi connectivity index (χ1) is 12.5. The van der Waals surface area contributed by atoms with Gasteiger partial charge in [0.2, 0.25) is 5.91 Å². The van der Waals surface area contributed by atoms with Crippen LogP contribution >= 0.6 is 15.9 Å². The Morgan fingerprint density at radius 1 is 1.19 bits per heavy atom. The lowest BCUT2D eigenvalue weighted by Crippen LogP contribution is -2.51. The van der Waals surface area contributed by atoms with Crippen LogP contribution in [0.2, 0.25) is 0 Å². The molecule has 1 amide bonds. The van der Waals surface area contributed by atoms with E-state index < -0.39 is 11.5 Å². The Morgan fingerprint density at radius 3 is 2.54 bits per heavy atom. The Kier molecular flexibility index (Phi) is 6.12. The number of carbonyl (C=O) groups is 1. The van der Waals surface area contributed by atoms with Crippen LogP contribution in [-0.4, -0.2) is 41.7 Å². The molecule has 1 saturated heterocycles. The maximum absolute atomic E-state index is 13.1. The Balaban J connectivity index is 1.84. The number of aliphatic hydroxyl groups is 1. The average Bonchev–Trinajstić information content (AvgIpc) is 2.64. The minimum Gasteiger partial charge on any atom is -0.389 e. The van der Waals surface area contributed by atoms with Crippen molar-refractivity contribution in [3.63, 3.8) is 0 Å². The molecular formula is C21H25BrN2O2. The first-order valence-electron chi connectivity index (χ1n) is 8.96. The molecule has 0 spiro atoms. The van der Waals surface area contributed by atoms with Gasteiger partial charge in [0.15, 0.2) is 0 Å². The highest BCUT2D eigenvalue weighted by Gasteiger charge is 2.44. The van der Waals surface area contributed by atoms with Crippen molar-refractivity contribution < 1.29 is 9.90 Å². The van der Waals surface area contributed by atoms with Gasteiger partial charge in [-0.05, 0) is 43.1 Å². The zero-order chi connectivity index (χ0) is 18.6. The number of benzene rings is 2. The van der Waals surface area contributed by atoms with E-state index in [1.807, 2.05) is 61.6 Å². The van der Waals surface area contributed by atoms with Gasteiger partial charge in [-0.25, -0.2) is 0 Å². The Hall–Kier alpha value is -1.69. The first kappa shape index (κ1) is 19.1. The van der Waals surface area contributed by atoms with Gasteiger partial charge in [-0.15, -0.1) is 0 Å². The van der Waals surface area contributed by atoms with Crippen molar-refractivity contribution in [3.8, 4) is 0 Å². The molecule has 1 aliphatic rings. The molecule has 1 aliphatic heterocycles. The number of carbonyl (C=O) groups excluding carboxylic acids is 1. The molecule has 2 N–H and O–H groups in total. The van der Waals surface area contributed by atoms with E-state index >= 15 is 0 Å². The number of hydrogen-bond donors (Lipinski definition) is 2. The molecule has 1 fully saturated rings. The van der Waals surface area contributed by atoms with Crippen molar-refractivity contribution in [2.24, 2.45) is 0 Å². The van der Waals surface area contributed by atoms with Crippen LogP contribution < -0.4 is 5.32 Å². The minimum atomic E-state index is -1.03. The molecule has 0 aromatic heterocycles. The second-order valence-electron chi connectivity index (χ2n) is 7.10. The van der Waals surface area contributed by atoms with E-state index in [0.717, 1.165) is 28.7 Å². The third-order valence-corrected chi connectivity index (χ3v) is 5.64. The van der Waals surface area contributed by atoms with E-state index in [4.69, 9.17) is 0 Å². The SMILES string of the molecule is CN1CCC(O)(C(C(=O)NCc2ccccc2)c2cccc(Br)c2)CC1. The topological polar surface area (TPSA) is 52.6 Å². The second kappa shape index (κ2) is 8.33. The van der Waals surface area contributed by atoms with E-state index in [2.05, 4.69) is 26.1 Å². The molecule has 1 unspecified atom stereocenters. The fourth-order valence-electron chi connectivity index (χ4n) is 3.57. The van der Waals surface area contributed by atoms with Crippen molar-refractivity contribution in [2.75, 3.05) is 20.1 Å². The summed E-state index contributed by atoms with van der Waals surface area (Å²) in [4.78, 5) is 15.3. The summed E-state index contributed by atoms with van der Waals surface area (Å²) in [5.41, 5.74) is 0.856. The molecule has 1 atom stereocenters. The minimum absolute atomic E-state index is 0.126. The van der Waals surface area contributed by atoms with Crippen molar-refractivity contribution in [3.05, 3.63) is 70.2 Å². The van der Waals surface area contributed by atoms with Crippen LogP contribution in [0.5, 0.6) is 0 Å². The molecule has 5 heteroatoms. The number of halogens is 1. The summed E-state index contributed by atoms with van der Waals surface area (Å²) in [6, 6.07) is 17.5. The number of hydrogen-bond acceptors (Lipinski definition) is 3. The first-order valence-corrected chi connectivity index (χ1v) is 9.75. The van der Waals surface area contributed by atoms with E-state index in [0.29, 0.717) is 19.4 Å². The Labute approximate surface area is 163 Å². The lowest BCUT2D eigenvalue weighted by molar-refractivity contribution is -0.132. The Bertz CT molecular complexity index is 743. The quantitative estimate of drug-likeness (QED) is 0.785. The number of rotatable bonds is 5. The fourth-order valence-corrected chi connectivity index (χ4v) is 3.99. The molecule has 0 saturated carbocycles. The molecule has 138 valence electrons. The van der Waals surface area contributed by atoms with Crippen LogP contribution in [0.15, 0.2) is 59.1 Å². The number of nitrogens with zero attached hydrogens (tertiary/aromatic N) is 1. The monoisotopic (exact) mass is 416 g/mol. The summed E-state index contributed by atoms with van der Waals surface area (Å²) in [5, 5.41) is 14.4. The van der Waals surface area contributed by atoms with Gasteiger partial charge in [-0.2, -0.15) is 0 Å². The third-order valence-electron chi connectivity index (χ3n) is 5.14. The van der Waals surface area contributed by atoms with Crippen molar-refractivity contribution in [1.82, 2.24) is 10.2 Å². The van der Waals surface area contributed by atoms with Crippen LogP contribution in [0.4, 0.5) is 0 Å². The fraction of sp³-hybridized carbons (Fsp3) is 0.381. The third kappa shape index (κ3) is 4.53. The van der Waals surface area contributed by atoms with E-state index in [9.17, 15) is 9.90 Å². The molecule has 0 radical (unpaired) electrons. The zero-order valence-corrected chi connectivity index (χ0v) is 16.6. The van der Waals surface area contributed by atoms with Gasteiger partial charge in [0, 0.05) is 24.1 Å².